The highest BCUT2D eigenvalue weighted by atomic mass is 32.2. The van der Waals surface area contributed by atoms with Gasteiger partial charge >= 0.3 is 6.09 Å². The topological polar surface area (TPSA) is 86.7 Å². The lowest BCUT2D eigenvalue weighted by Gasteiger charge is -2.31. The maximum Gasteiger partial charge on any atom is 0.421 e. The van der Waals surface area contributed by atoms with Crippen LogP contribution in [0.5, 0.6) is 0 Å². The number of hydrogen-bond acceptors (Lipinski definition) is 5. The number of rotatable bonds is 5. The van der Waals surface area contributed by atoms with E-state index >= 15 is 0 Å². The lowest BCUT2D eigenvalue weighted by atomic mass is 10.2. The van der Waals surface area contributed by atoms with Gasteiger partial charge in [0.25, 0.3) is 0 Å². The number of amides is 1. The highest BCUT2D eigenvalue weighted by Gasteiger charge is 2.34. The van der Waals surface area contributed by atoms with Gasteiger partial charge in [-0.25, -0.2) is 9.10 Å². The van der Waals surface area contributed by atoms with Gasteiger partial charge in [0.1, 0.15) is 5.60 Å². The fourth-order valence-corrected chi connectivity index (χ4v) is 5.74. The average Bonchev–Trinajstić information content (AvgIpc) is 2.59. The van der Waals surface area contributed by atoms with E-state index in [-0.39, 0.29) is 0 Å². The minimum atomic E-state index is -3.42. The molecule has 0 saturated heterocycles. The van der Waals surface area contributed by atoms with Crippen LogP contribution in [0.1, 0.15) is 20.8 Å². The van der Waals surface area contributed by atoms with Crippen LogP contribution in [0.4, 0.5) is 4.79 Å². The lowest BCUT2D eigenvalue weighted by Crippen LogP contribution is -2.40. The summed E-state index contributed by atoms with van der Waals surface area (Å²) in [5, 5.41) is 0.926. The van der Waals surface area contributed by atoms with Gasteiger partial charge in [-0.05, 0) is 20.8 Å². The molecule has 0 fully saturated rings. The SMILES string of the molecule is CC(C)(C)OC(=O)N(CP(=O)(c1ccccc1)c1ccccc1)S(=O)[O-]. The molecule has 0 saturated carbocycles. The summed E-state index contributed by atoms with van der Waals surface area (Å²) in [6.07, 6.45) is -1.57. The van der Waals surface area contributed by atoms with E-state index in [0.717, 1.165) is 0 Å². The quantitative estimate of drug-likeness (QED) is 0.575. The van der Waals surface area contributed by atoms with Gasteiger partial charge < -0.3 is 13.9 Å². The summed E-state index contributed by atoms with van der Waals surface area (Å²) >= 11 is -2.93. The molecular weight excluding hydrogens is 373 g/mol. The molecule has 0 aliphatic carbocycles. The predicted molar refractivity (Wildman–Crippen MR) is 102 cm³/mol. The van der Waals surface area contributed by atoms with Gasteiger partial charge in [-0.15, -0.1) is 0 Å². The third-order valence-electron chi connectivity index (χ3n) is 3.45. The molecule has 140 valence electrons. The molecule has 0 radical (unpaired) electrons. The smallest absolute Gasteiger partial charge is 0.421 e. The number of carbonyl (C=O) groups is 1. The Morgan fingerprint density at radius 2 is 1.46 bits per heavy atom. The molecule has 0 N–H and O–H groups in total. The number of carbonyl (C=O) groups excluding carboxylic acids is 1. The Morgan fingerprint density at radius 3 is 1.81 bits per heavy atom. The Hall–Kier alpha value is -1.95. The average molecular weight is 394 g/mol. The zero-order chi connectivity index (χ0) is 19.4. The molecule has 0 aromatic heterocycles. The van der Waals surface area contributed by atoms with Gasteiger partial charge in [0.2, 0.25) is 0 Å². The van der Waals surface area contributed by atoms with Gasteiger partial charge in [0.05, 0.1) is 17.6 Å². The van der Waals surface area contributed by atoms with Crippen molar-refractivity contribution in [1.82, 2.24) is 4.31 Å². The lowest BCUT2D eigenvalue weighted by molar-refractivity contribution is 0.0408. The van der Waals surface area contributed by atoms with Crippen molar-refractivity contribution >= 4 is 35.1 Å². The summed E-state index contributed by atoms with van der Waals surface area (Å²) in [5.41, 5.74) is -0.877. The summed E-state index contributed by atoms with van der Waals surface area (Å²) in [5.74, 6) is 0. The van der Waals surface area contributed by atoms with Gasteiger partial charge in [-0.1, -0.05) is 60.7 Å². The molecule has 0 bridgehead atoms. The van der Waals surface area contributed by atoms with E-state index in [4.69, 9.17) is 4.74 Å². The van der Waals surface area contributed by atoms with Gasteiger partial charge in [-0.3, -0.25) is 4.21 Å². The molecule has 0 heterocycles. The maximum atomic E-state index is 13.9. The number of hydrogen-bond donors (Lipinski definition) is 0. The number of nitrogens with zero attached hydrogens (tertiary/aromatic N) is 1. The van der Waals surface area contributed by atoms with Crippen LogP contribution >= 0.6 is 7.14 Å². The van der Waals surface area contributed by atoms with Crippen LogP contribution in [-0.4, -0.2) is 31.0 Å². The van der Waals surface area contributed by atoms with Crippen molar-refractivity contribution < 1.29 is 22.9 Å². The molecule has 1 amide bonds. The molecular formula is C18H21NO5PS-. The van der Waals surface area contributed by atoms with Crippen molar-refractivity contribution in [3.8, 4) is 0 Å². The van der Waals surface area contributed by atoms with Gasteiger partial charge in [-0.2, -0.15) is 0 Å². The van der Waals surface area contributed by atoms with Crippen LogP contribution in [-0.2, 0) is 20.6 Å². The number of ether oxygens (including phenoxy) is 1. The van der Waals surface area contributed by atoms with Crippen LogP contribution in [0.15, 0.2) is 60.7 Å². The largest absolute Gasteiger partial charge is 0.755 e. The summed E-state index contributed by atoms with van der Waals surface area (Å²) < 4.78 is 42.9. The first-order valence-corrected chi connectivity index (χ1v) is 10.9. The molecule has 26 heavy (non-hydrogen) atoms. The molecule has 0 aliphatic rings. The molecule has 0 aliphatic heterocycles. The Kier molecular flexibility index (Phi) is 6.39. The normalized spacial score (nSPS) is 13.1. The highest BCUT2D eigenvalue weighted by Crippen LogP contribution is 2.44. The molecule has 2 aromatic rings. The molecule has 2 rings (SSSR count). The van der Waals surface area contributed by atoms with E-state index in [1.807, 2.05) is 0 Å². The predicted octanol–water partition coefficient (Wildman–Crippen LogP) is 2.99. The molecule has 1 unspecified atom stereocenters. The first kappa shape index (κ1) is 20.4. The highest BCUT2D eigenvalue weighted by molar-refractivity contribution is 7.81. The summed E-state index contributed by atoms with van der Waals surface area (Å²) in [6.45, 7) is 4.89. The van der Waals surface area contributed by atoms with Crippen molar-refractivity contribution in [3.63, 3.8) is 0 Å². The van der Waals surface area contributed by atoms with Crippen LogP contribution < -0.4 is 10.6 Å². The first-order chi connectivity index (χ1) is 12.1. The second kappa shape index (κ2) is 8.16. The van der Waals surface area contributed by atoms with Crippen molar-refractivity contribution in [2.24, 2.45) is 0 Å². The second-order valence-electron chi connectivity index (χ2n) is 6.63. The standard InChI is InChI=1S/C18H22NO5PS/c1-18(2,3)24-17(20)19(26(22)23)14-25(21,15-10-6-4-7-11-15)16-12-8-5-9-13-16/h4-13H,14H2,1-3H3,(H,22,23)/p-1. The molecule has 1 atom stereocenters. The molecule has 0 spiro atoms. The van der Waals surface area contributed by atoms with E-state index in [1.54, 1.807) is 81.4 Å². The third kappa shape index (κ3) is 5.04. The van der Waals surface area contributed by atoms with Crippen molar-refractivity contribution in [2.75, 3.05) is 6.29 Å². The minimum absolute atomic E-state index is 0.463. The van der Waals surface area contributed by atoms with Gasteiger partial charge in [0, 0.05) is 10.6 Å². The summed E-state index contributed by atoms with van der Waals surface area (Å²) in [7, 11) is -3.42. The Morgan fingerprint density at radius 1 is 1.04 bits per heavy atom. The van der Waals surface area contributed by atoms with Gasteiger partial charge in [0.15, 0.2) is 7.14 Å². The zero-order valence-corrected chi connectivity index (χ0v) is 16.5. The van der Waals surface area contributed by atoms with E-state index in [0.29, 0.717) is 14.9 Å². The van der Waals surface area contributed by atoms with E-state index < -0.39 is 36.4 Å². The maximum absolute atomic E-state index is 13.9. The molecule has 6 nitrogen and oxygen atoms in total. The Labute approximate surface area is 156 Å². The van der Waals surface area contributed by atoms with Crippen molar-refractivity contribution in [1.29, 1.82) is 0 Å². The monoisotopic (exact) mass is 394 g/mol. The first-order valence-electron chi connectivity index (χ1n) is 7.94. The summed E-state index contributed by atoms with van der Waals surface area (Å²) in [6, 6.07) is 17.1. The van der Waals surface area contributed by atoms with Crippen molar-refractivity contribution in [2.45, 2.75) is 26.4 Å². The fraction of sp³-hybridized carbons (Fsp3) is 0.278. The van der Waals surface area contributed by atoms with Crippen LogP contribution in [0.2, 0.25) is 0 Å². The minimum Gasteiger partial charge on any atom is -0.755 e. The van der Waals surface area contributed by atoms with Crippen molar-refractivity contribution in [3.05, 3.63) is 60.7 Å². The van der Waals surface area contributed by atoms with E-state index in [1.165, 1.54) is 0 Å². The fourth-order valence-electron chi connectivity index (χ4n) is 2.31. The number of benzene rings is 2. The van der Waals surface area contributed by atoms with Crippen LogP contribution in [0.25, 0.3) is 0 Å². The molecule has 2 aromatic carbocycles. The third-order valence-corrected chi connectivity index (χ3v) is 7.23. The second-order valence-corrected chi connectivity index (χ2v) is 10.3. The Bertz CT molecular complexity index is 777. The van der Waals surface area contributed by atoms with E-state index in [2.05, 4.69) is 0 Å². The Balaban J connectivity index is 2.47. The molecule has 8 heteroatoms. The summed E-state index contributed by atoms with van der Waals surface area (Å²) in [4.78, 5) is 12.3. The zero-order valence-electron chi connectivity index (χ0n) is 14.8. The van der Waals surface area contributed by atoms with Crippen LogP contribution in [0, 0.1) is 0 Å². The van der Waals surface area contributed by atoms with E-state index in [9.17, 15) is 18.1 Å². The van der Waals surface area contributed by atoms with Crippen LogP contribution in [0.3, 0.4) is 0 Å².